The smallest absolute Gasteiger partial charge is 0.303 e. The van der Waals surface area contributed by atoms with E-state index in [1.165, 1.54) is 51.1 Å². The molecule has 9 nitrogen and oxygen atoms in total. The van der Waals surface area contributed by atoms with Gasteiger partial charge in [0.25, 0.3) is 0 Å². The lowest BCUT2D eigenvalue weighted by Crippen LogP contribution is -2.55. The number of pyridine rings is 2. The van der Waals surface area contributed by atoms with Gasteiger partial charge < -0.3 is 18.9 Å². The number of nitrogens with zero attached hydrogens (tertiary/aromatic N) is 2. The predicted molar refractivity (Wildman–Crippen MR) is 111 cm³/mol. The highest BCUT2D eigenvalue weighted by Gasteiger charge is 2.47. The van der Waals surface area contributed by atoms with Gasteiger partial charge in [-0.3, -0.25) is 19.4 Å². The molecule has 1 saturated heterocycles. The van der Waals surface area contributed by atoms with Gasteiger partial charge in [0, 0.05) is 50.0 Å². The minimum absolute atomic E-state index is 0.226. The van der Waals surface area contributed by atoms with Gasteiger partial charge in [0.1, 0.15) is 5.75 Å². The molecule has 1 aliphatic heterocycles. The van der Waals surface area contributed by atoms with Crippen LogP contribution in [-0.2, 0) is 28.6 Å². The van der Waals surface area contributed by atoms with E-state index in [4.69, 9.17) is 18.9 Å². The van der Waals surface area contributed by atoms with Crippen LogP contribution in [0.3, 0.4) is 0 Å². The normalized spacial score (nSPS) is 22.5. The third kappa shape index (κ3) is 5.94. The van der Waals surface area contributed by atoms with E-state index >= 15 is 0 Å². The molecule has 1 aliphatic rings. The molecule has 2 aromatic rings. The second-order valence-electron chi connectivity index (χ2n) is 6.87. The van der Waals surface area contributed by atoms with Crippen LogP contribution in [0, 0.1) is 5.95 Å². The SMILES string of the molecule is CC(=O)O[C@@H]1[C@@H](OC(C)=O)[C@H](OC(C)=O)CS[C@H]1Oc1cncc(-c2cccnc2F)c1. The van der Waals surface area contributed by atoms with Gasteiger partial charge in [-0.1, -0.05) is 0 Å². The van der Waals surface area contributed by atoms with E-state index in [0.717, 1.165) is 0 Å². The van der Waals surface area contributed by atoms with Gasteiger partial charge in [-0.2, -0.15) is 4.39 Å². The zero-order valence-electron chi connectivity index (χ0n) is 17.5. The molecule has 0 radical (unpaired) electrons. The number of halogens is 1. The highest BCUT2D eigenvalue weighted by molar-refractivity contribution is 7.99. The summed E-state index contributed by atoms with van der Waals surface area (Å²) in [7, 11) is 0. The van der Waals surface area contributed by atoms with Crippen LogP contribution >= 0.6 is 11.8 Å². The number of ether oxygens (including phenoxy) is 4. The maximum atomic E-state index is 14.1. The average molecular weight is 464 g/mol. The molecule has 0 aromatic carbocycles. The molecule has 0 aliphatic carbocycles. The van der Waals surface area contributed by atoms with Crippen molar-refractivity contribution in [2.45, 2.75) is 44.5 Å². The standard InChI is InChI=1S/C21H21FN2O7S/c1-11(25)28-17-10-32-21(19(30-13(3)27)18(17)29-12(2)26)31-15-7-14(8-23-9-15)16-5-4-6-24-20(16)22/h4-9,17-19,21H,10H2,1-3H3/t17-,18+,19-,21-/m1/s1. The van der Waals surface area contributed by atoms with Crippen molar-refractivity contribution in [2.75, 3.05) is 5.75 Å². The molecular weight excluding hydrogens is 443 g/mol. The largest absolute Gasteiger partial charge is 0.474 e. The number of rotatable bonds is 6. The number of hydrogen-bond acceptors (Lipinski definition) is 10. The molecule has 2 aromatic heterocycles. The Morgan fingerprint density at radius 1 is 1.03 bits per heavy atom. The number of hydrogen-bond donors (Lipinski definition) is 0. The maximum absolute atomic E-state index is 14.1. The lowest BCUT2D eigenvalue weighted by atomic mass is 10.1. The quantitative estimate of drug-likeness (QED) is 0.359. The van der Waals surface area contributed by atoms with Gasteiger partial charge in [0.05, 0.1) is 6.20 Å². The van der Waals surface area contributed by atoms with Gasteiger partial charge in [0.15, 0.2) is 23.7 Å². The van der Waals surface area contributed by atoms with Crippen molar-refractivity contribution in [1.29, 1.82) is 0 Å². The first-order valence-electron chi connectivity index (χ1n) is 9.60. The van der Waals surface area contributed by atoms with Crippen LogP contribution in [0.15, 0.2) is 36.8 Å². The molecule has 32 heavy (non-hydrogen) atoms. The Morgan fingerprint density at radius 2 is 1.72 bits per heavy atom. The summed E-state index contributed by atoms with van der Waals surface area (Å²) in [4.78, 5) is 42.6. The Labute approximate surface area is 187 Å². The zero-order chi connectivity index (χ0) is 23.3. The summed E-state index contributed by atoms with van der Waals surface area (Å²) in [5.74, 6) is -1.99. The molecule has 170 valence electrons. The first kappa shape index (κ1) is 23.5. The highest BCUT2D eigenvalue weighted by atomic mass is 32.2. The van der Waals surface area contributed by atoms with Crippen LogP contribution in [0.25, 0.3) is 11.1 Å². The van der Waals surface area contributed by atoms with Crippen LogP contribution in [0.1, 0.15) is 20.8 Å². The van der Waals surface area contributed by atoms with Crippen molar-refractivity contribution >= 4 is 29.7 Å². The van der Waals surface area contributed by atoms with E-state index in [1.54, 1.807) is 18.2 Å². The summed E-state index contributed by atoms with van der Waals surface area (Å²) in [5, 5.41) is 0. The number of carbonyl (C=O) groups is 3. The summed E-state index contributed by atoms with van der Waals surface area (Å²) in [6.07, 6.45) is 1.24. The molecule has 0 bridgehead atoms. The van der Waals surface area contributed by atoms with Gasteiger partial charge in [-0.15, -0.1) is 11.8 Å². The fourth-order valence-electron chi connectivity index (χ4n) is 3.18. The predicted octanol–water partition coefficient (Wildman–Crippen LogP) is 2.53. The molecule has 4 atom stereocenters. The number of aromatic nitrogens is 2. The second kappa shape index (κ2) is 10.4. The maximum Gasteiger partial charge on any atom is 0.303 e. The Morgan fingerprint density at radius 3 is 2.38 bits per heavy atom. The fourth-order valence-corrected chi connectivity index (χ4v) is 4.39. The lowest BCUT2D eigenvalue weighted by Gasteiger charge is -2.39. The Hall–Kier alpha value is -3.21. The van der Waals surface area contributed by atoms with Crippen molar-refractivity contribution in [1.82, 2.24) is 9.97 Å². The molecule has 0 N–H and O–H groups in total. The molecule has 0 amide bonds. The summed E-state index contributed by atoms with van der Waals surface area (Å²) >= 11 is 1.21. The van der Waals surface area contributed by atoms with Gasteiger partial charge in [-0.25, -0.2) is 4.98 Å². The lowest BCUT2D eigenvalue weighted by molar-refractivity contribution is -0.186. The Balaban J connectivity index is 1.88. The van der Waals surface area contributed by atoms with Crippen molar-refractivity contribution in [3.8, 4) is 16.9 Å². The molecule has 0 spiro atoms. The van der Waals surface area contributed by atoms with Crippen LogP contribution in [0.4, 0.5) is 4.39 Å². The van der Waals surface area contributed by atoms with E-state index in [1.807, 2.05) is 0 Å². The number of carbonyl (C=O) groups excluding carboxylic acids is 3. The van der Waals surface area contributed by atoms with Crippen LogP contribution in [0.5, 0.6) is 5.75 Å². The Bertz CT molecular complexity index is 1010. The first-order chi connectivity index (χ1) is 15.2. The monoisotopic (exact) mass is 464 g/mol. The van der Waals surface area contributed by atoms with E-state index in [0.29, 0.717) is 5.56 Å². The fraction of sp³-hybridized carbons (Fsp3) is 0.381. The molecule has 1 fully saturated rings. The minimum atomic E-state index is -1.07. The molecule has 11 heteroatoms. The van der Waals surface area contributed by atoms with Gasteiger partial charge >= 0.3 is 17.9 Å². The summed E-state index contributed by atoms with van der Waals surface area (Å²) in [5.41, 5.74) is -0.135. The third-order valence-corrected chi connectivity index (χ3v) is 5.55. The summed E-state index contributed by atoms with van der Waals surface area (Å²) in [6.45, 7) is 3.63. The van der Waals surface area contributed by atoms with E-state index in [9.17, 15) is 18.8 Å². The van der Waals surface area contributed by atoms with Crippen molar-refractivity contribution in [3.05, 3.63) is 42.7 Å². The average Bonchev–Trinajstić information content (AvgIpc) is 2.72. The van der Waals surface area contributed by atoms with Crippen LogP contribution in [0.2, 0.25) is 0 Å². The van der Waals surface area contributed by atoms with E-state index < -0.39 is 47.6 Å². The first-order valence-corrected chi connectivity index (χ1v) is 10.7. The van der Waals surface area contributed by atoms with Crippen molar-refractivity contribution in [3.63, 3.8) is 0 Å². The van der Waals surface area contributed by atoms with Crippen molar-refractivity contribution < 1.29 is 37.7 Å². The van der Waals surface area contributed by atoms with Crippen molar-refractivity contribution in [2.24, 2.45) is 0 Å². The molecule has 0 unspecified atom stereocenters. The molecule has 3 rings (SSSR count). The number of esters is 3. The van der Waals surface area contributed by atoms with E-state index in [2.05, 4.69) is 9.97 Å². The Kier molecular flexibility index (Phi) is 7.62. The topological polar surface area (TPSA) is 114 Å². The van der Waals surface area contributed by atoms with Crippen LogP contribution in [-0.4, -0.2) is 57.4 Å². The third-order valence-electron chi connectivity index (χ3n) is 4.34. The van der Waals surface area contributed by atoms with Gasteiger partial charge in [0.2, 0.25) is 5.95 Å². The van der Waals surface area contributed by atoms with E-state index in [-0.39, 0.29) is 17.1 Å². The zero-order valence-corrected chi connectivity index (χ0v) is 18.3. The molecular formula is C21H21FN2O7S. The molecule has 0 saturated carbocycles. The highest BCUT2D eigenvalue weighted by Crippen LogP contribution is 2.35. The van der Waals surface area contributed by atoms with Crippen LogP contribution < -0.4 is 4.74 Å². The number of thioether (sulfide) groups is 1. The van der Waals surface area contributed by atoms with Gasteiger partial charge in [-0.05, 0) is 18.2 Å². The molecule has 3 heterocycles. The second-order valence-corrected chi connectivity index (χ2v) is 8.00. The minimum Gasteiger partial charge on any atom is -0.474 e. The summed E-state index contributed by atoms with van der Waals surface area (Å²) < 4.78 is 36.0. The summed E-state index contributed by atoms with van der Waals surface area (Å²) in [6, 6.07) is 4.72.